The summed E-state index contributed by atoms with van der Waals surface area (Å²) in [6, 6.07) is 6.92. The number of methoxy groups -OCH3 is 1. The average molecular weight is 386 g/mol. The molecule has 1 unspecified atom stereocenters. The van der Waals surface area contributed by atoms with E-state index in [4.69, 9.17) is 4.74 Å². The lowest BCUT2D eigenvalue weighted by molar-refractivity contribution is -0.157. The number of rotatable bonds is 7. The van der Waals surface area contributed by atoms with E-state index in [1.54, 1.807) is 0 Å². The van der Waals surface area contributed by atoms with Crippen molar-refractivity contribution in [3.05, 3.63) is 34.3 Å². The molecule has 1 rings (SSSR count). The van der Waals surface area contributed by atoms with Gasteiger partial charge in [-0.25, -0.2) is 4.79 Å². The van der Waals surface area contributed by atoms with Gasteiger partial charge in [0.2, 0.25) is 0 Å². The Labute approximate surface area is 145 Å². The highest BCUT2D eigenvalue weighted by atomic mass is 79.9. The van der Waals surface area contributed by atoms with E-state index < -0.39 is 11.6 Å². The van der Waals surface area contributed by atoms with Gasteiger partial charge in [-0.05, 0) is 51.4 Å². The van der Waals surface area contributed by atoms with E-state index >= 15 is 0 Å². The predicted molar refractivity (Wildman–Crippen MR) is 92.0 cm³/mol. The van der Waals surface area contributed by atoms with Gasteiger partial charge in [0.1, 0.15) is 11.6 Å². The van der Waals surface area contributed by atoms with Crippen molar-refractivity contribution in [3.63, 3.8) is 0 Å². The van der Waals surface area contributed by atoms with Gasteiger partial charge in [0.25, 0.3) is 0 Å². The molecule has 0 fully saturated rings. The van der Waals surface area contributed by atoms with E-state index in [1.807, 2.05) is 45.0 Å². The number of carbonyl (C=O) groups excluding carboxylic acids is 2. The Bertz CT molecular complexity index is 522. The molecule has 0 aliphatic carbocycles. The van der Waals surface area contributed by atoms with Gasteiger partial charge in [0.05, 0.1) is 7.11 Å². The monoisotopic (exact) mass is 385 g/mol. The number of carbonyl (C=O) groups is 2. The molecule has 1 aromatic rings. The third kappa shape index (κ3) is 7.61. The zero-order valence-corrected chi connectivity index (χ0v) is 15.6. The maximum Gasteiger partial charge on any atom is 0.328 e. The Morgan fingerprint density at radius 3 is 2.35 bits per heavy atom. The van der Waals surface area contributed by atoms with Crippen LogP contribution >= 0.6 is 15.9 Å². The normalized spacial score (nSPS) is 12.6. The maximum atomic E-state index is 12.4. The lowest BCUT2D eigenvalue weighted by Crippen LogP contribution is -2.35. The van der Waals surface area contributed by atoms with Crippen molar-refractivity contribution in [2.45, 2.75) is 45.3 Å². The standard InChI is InChI=1S/C17H24BrNO4/c1-17(2,3)23-16(21)15(12-7-9-13(18)10-8-12)19-11-5-6-14(20)22-4/h7-10,15,19H,5-6,11H2,1-4H3. The van der Waals surface area contributed by atoms with Crippen LogP contribution < -0.4 is 5.32 Å². The Hall–Kier alpha value is -1.40. The number of nitrogens with one attached hydrogen (secondary N) is 1. The maximum absolute atomic E-state index is 12.4. The van der Waals surface area contributed by atoms with Crippen LogP contribution in [0.25, 0.3) is 0 Å². The van der Waals surface area contributed by atoms with E-state index in [2.05, 4.69) is 26.0 Å². The molecule has 128 valence electrons. The first-order chi connectivity index (χ1) is 10.7. The Kier molecular flexibility index (Phi) is 7.72. The molecule has 0 radical (unpaired) electrons. The van der Waals surface area contributed by atoms with Gasteiger partial charge in [0, 0.05) is 10.9 Å². The molecule has 0 aliphatic rings. The van der Waals surface area contributed by atoms with Crippen LogP contribution in [0.2, 0.25) is 0 Å². The molecule has 23 heavy (non-hydrogen) atoms. The number of benzene rings is 1. The summed E-state index contributed by atoms with van der Waals surface area (Å²) in [6.07, 6.45) is 0.896. The molecule has 0 amide bonds. The second-order valence-electron chi connectivity index (χ2n) is 6.15. The number of hydrogen-bond donors (Lipinski definition) is 1. The third-order valence-electron chi connectivity index (χ3n) is 2.98. The van der Waals surface area contributed by atoms with E-state index in [9.17, 15) is 9.59 Å². The predicted octanol–water partition coefficient (Wildman–Crippen LogP) is 3.37. The SMILES string of the molecule is COC(=O)CCCNC(C(=O)OC(C)(C)C)c1ccc(Br)cc1. The first kappa shape index (κ1) is 19.6. The van der Waals surface area contributed by atoms with Crippen molar-refractivity contribution in [2.75, 3.05) is 13.7 Å². The smallest absolute Gasteiger partial charge is 0.328 e. The zero-order chi connectivity index (χ0) is 17.5. The summed E-state index contributed by atoms with van der Waals surface area (Å²) in [6.45, 7) is 6.01. The number of esters is 2. The van der Waals surface area contributed by atoms with Gasteiger partial charge < -0.3 is 14.8 Å². The summed E-state index contributed by atoms with van der Waals surface area (Å²) in [5.74, 6) is -0.595. The van der Waals surface area contributed by atoms with Crippen molar-refractivity contribution in [2.24, 2.45) is 0 Å². The molecule has 1 atom stereocenters. The molecule has 0 spiro atoms. The van der Waals surface area contributed by atoms with Gasteiger partial charge in [-0.15, -0.1) is 0 Å². The van der Waals surface area contributed by atoms with Gasteiger partial charge in [-0.3, -0.25) is 4.79 Å². The minimum Gasteiger partial charge on any atom is -0.469 e. The molecule has 1 N–H and O–H groups in total. The lowest BCUT2D eigenvalue weighted by Gasteiger charge is -2.25. The van der Waals surface area contributed by atoms with Crippen LogP contribution in [0.1, 0.15) is 45.2 Å². The highest BCUT2D eigenvalue weighted by Gasteiger charge is 2.26. The van der Waals surface area contributed by atoms with Crippen LogP contribution in [0.15, 0.2) is 28.7 Å². The molecule has 0 saturated heterocycles. The fraction of sp³-hybridized carbons (Fsp3) is 0.529. The van der Waals surface area contributed by atoms with Crippen molar-refractivity contribution in [1.29, 1.82) is 0 Å². The molecular formula is C17H24BrNO4. The van der Waals surface area contributed by atoms with Crippen molar-refractivity contribution >= 4 is 27.9 Å². The number of halogens is 1. The van der Waals surface area contributed by atoms with E-state index in [1.165, 1.54) is 7.11 Å². The first-order valence-electron chi connectivity index (χ1n) is 7.51. The average Bonchev–Trinajstić information content (AvgIpc) is 2.46. The van der Waals surface area contributed by atoms with Crippen LogP contribution in [0, 0.1) is 0 Å². The minimum atomic E-state index is -0.569. The number of ether oxygens (including phenoxy) is 2. The summed E-state index contributed by atoms with van der Waals surface area (Å²) in [5, 5.41) is 3.16. The van der Waals surface area contributed by atoms with Crippen LogP contribution in [-0.4, -0.2) is 31.2 Å². The third-order valence-corrected chi connectivity index (χ3v) is 3.51. The van der Waals surface area contributed by atoms with Gasteiger partial charge in [-0.2, -0.15) is 0 Å². The fourth-order valence-corrected chi connectivity index (χ4v) is 2.20. The fourth-order valence-electron chi connectivity index (χ4n) is 1.93. The summed E-state index contributed by atoms with van der Waals surface area (Å²) < 4.78 is 11.0. The number of hydrogen-bond acceptors (Lipinski definition) is 5. The van der Waals surface area contributed by atoms with Crippen molar-refractivity contribution < 1.29 is 19.1 Å². The van der Waals surface area contributed by atoms with Crippen LogP contribution in [0.4, 0.5) is 0 Å². The van der Waals surface area contributed by atoms with E-state index in [0.29, 0.717) is 19.4 Å². The molecule has 0 aliphatic heterocycles. The first-order valence-corrected chi connectivity index (χ1v) is 8.31. The molecule has 5 nitrogen and oxygen atoms in total. The highest BCUT2D eigenvalue weighted by molar-refractivity contribution is 9.10. The summed E-state index contributed by atoms with van der Waals surface area (Å²) in [4.78, 5) is 23.6. The zero-order valence-electron chi connectivity index (χ0n) is 14.0. The molecule has 6 heteroatoms. The largest absolute Gasteiger partial charge is 0.469 e. The molecule has 0 aromatic heterocycles. The second kappa shape index (κ2) is 9.03. The Balaban J connectivity index is 2.74. The van der Waals surface area contributed by atoms with Crippen molar-refractivity contribution in [1.82, 2.24) is 5.32 Å². The van der Waals surface area contributed by atoms with E-state index in [0.717, 1.165) is 10.0 Å². The molecule has 1 aromatic carbocycles. The highest BCUT2D eigenvalue weighted by Crippen LogP contribution is 2.21. The van der Waals surface area contributed by atoms with Gasteiger partial charge in [-0.1, -0.05) is 28.1 Å². The minimum absolute atomic E-state index is 0.260. The molecule has 0 heterocycles. The summed E-state index contributed by atoms with van der Waals surface area (Å²) >= 11 is 3.38. The van der Waals surface area contributed by atoms with Crippen LogP contribution in [0.5, 0.6) is 0 Å². The Morgan fingerprint density at radius 1 is 1.22 bits per heavy atom. The molecule has 0 bridgehead atoms. The van der Waals surface area contributed by atoms with Crippen LogP contribution in [-0.2, 0) is 19.1 Å². The topological polar surface area (TPSA) is 64.6 Å². The quantitative estimate of drug-likeness (QED) is 0.575. The van der Waals surface area contributed by atoms with Gasteiger partial charge >= 0.3 is 11.9 Å². The lowest BCUT2D eigenvalue weighted by atomic mass is 10.1. The Morgan fingerprint density at radius 2 is 1.83 bits per heavy atom. The van der Waals surface area contributed by atoms with Crippen molar-refractivity contribution in [3.8, 4) is 0 Å². The van der Waals surface area contributed by atoms with Gasteiger partial charge in [0.15, 0.2) is 0 Å². The second-order valence-corrected chi connectivity index (χ2v) is 7.07. The summed E-state index contributed by atoms with van der Waals surface area (Å²) in [5.41, 5.74) is 0.263. The molecular weight excluding hydrogens is 362 g/mol. The summed E-state index contributed by atoms with van der Waals surface area (Å²) in [7, 11) is 1.36. The molecule has 0 saturated carbocycles. The van der Waals surface area contributed by atoms with E-state index in [-0.39, 0.29) is 11.9 Å². The van der Waals surface area contributed by atoms with Crippen LogP contribution in [0.3, 0.4) is 0 Å².